The summed E-state index contributed by atoms with van der Waals surface area (Å²) in [6, 6.07) is -0.0191. The molecule has 2 saturated heterocycles. The van der Waals surface area contributed by atoms with Crippen molar-refractivity contribution < 1.29 is 13.2 Å². The molecule has 0 spiro atoms. The number of likely N-dealkylation sites (tertiary alicyclic amines) is 1. The molecule has 2 aliphatic heterocycles. The molecule has 0 aromatic heterocycles. The average Bonchev–Trinajstić information content (AvgIpc) is 3.06. The first-order valence-corrected chi connectivity index (χ1v) is 10.3. The summed E-state index contributed by atoms with van der Waals surface area (Å²) in [5, 5.41) is 6.26. The molecule has 2 atom stereocenters. The van der Waals surface area contributed by atoms with Crippen molar-refractivity contribution in [1.82, 2.24) is 15.5 Å². The van der Waals surface area contributed by atoms with Crippen LogP contribution in [0, 0.1) is 5.92 Å². The second-order valence-electron chi connectivity index (χ2n) is 6.44. The second kappa shape index (κ2) is 8.26. The highest BCUT2D eigenvalue weighted by atomic mass is 32.2. The Morgan fingerprint density at radius 2 is 2.14 bits per heavy atom. The maximum atomic E-state index is 12.0. The Morgan fingerprint density at radius 1 is 1.32 bits per heavy atom. The van der Waals surface area contributed by atoms with E-state index >= 15 is 0 Å². The molecule has 0 aromatic rings. The van der Waals surface area contributed by atoms with Gasteiger partial charge in [-0.25, -0.2) is 8.42 Å². The van der Waals surface area contributed by atoms with Crippen molar-refractivity contribution in [2.45, 2.75) is 38.6 Å². The third kappa shape index (κ3) is 5.52. The number of piperidine rings is 1. The van der Waals surface area contributed by atoms with Crippen LogP contribution < -0.4 is 10.6 Å². The first-order chi connectivity index (χ1) is 10.5. The topological polar surface area (TPSA) is 78.5 Å². The smallest absolute Gasteiger partial charge is 0.237 e. The SMILES string of the molecule is CCS(=O)(=O)CCN1CCCC(CNC(=O)C2CCCN2)C1. The number of carbonyl (C=O) groups is 1. The van der Waals surface area contributed by atoms with Crippen LogP contribution in [-0.2, 0) is 14.6 Å². The van der Waals surface area contributed by atoms with E-state index in [1.807, 2.05) is 0 Å². The Hall–Kier alpha value is -0.660. The molecule has 0 bridgehead atoms. The van der Waals surface area contributed by atoms with E-state index in [0.717, 1.165) is 45.3 Å². The third-order valence-electron chi connectivity index (χ3n) is 4.70. The van der Waals surface area contributed by atoms with Crippen LogP contribution in [0.5, 0.6) is 0 Å². The standard InChI is InChI=1S/C15H29N3O3S/c1-2-22(20,21)10-9-18-8-4-5-13(12-18)11-17-15(19)14-6-3-7-16-14/h13-14,16H,2-12H2,1H3,(H,17,19). The van der Waals surface area contributed by atoms with Crippen molar-refractivity contribution in [2.24, 2.45) is 5.92 Å². The summed E-state index contributed by atoms with van der Waals surface area (Å²) in [5.74, 6) is 1.01. The summed E-state index contributed by atoms with van der Waals surface area (Å²) >= 11 is 0. The predicted molar refractivity (Wildman–Crippen MR) is 87.5 cm³/mol. The minimum atomic E-state index is -2.89. The molecule has 0 saturated carbocycles. The van der Waals surface area contributed by atoms with E-state index in [2.05, 4.69) is 15.5 Å². The largest absolute Gasteiger partial charge is 0.354 e. The lowest BCUT2D eigenvalue weighted by molar-refractivity contribution is -0.123. The number of nitrogens with one attached hydrogen (secondary N) is 2. The van der Waals surface area contributed by atoms with Gasteiger partial charge in [-0.3, -0.25) is 4.79 Å². The van der Waals surface area contributed by atoms with E-state index in [1.54, 1.807) is 6.92 Å². The molecule has 0 aliphatic carbocycles. The van der Waals surface area contributed by atoms with Crippen LogP contribution in [0.1, 0.15) is 32.6 Å². The van der Waals surface area contributed by atoms with Crippen molar-refractivity contribution >= 4 is 15.7 Å². The lowest BCUT2D eigenvalue weighted by atomic mass is 9.98. The Bertz CT molecular complexity index is 461. The summed E-state index contributed by atoms with van der Waals surface area (Å²) in [6.45, 7) is 5.80. The zero-order valence-corrected chi connectivity index (χ0v) is 14.3. The highest BCUT2D eigenvalue weighted by Gasteiger charge is 2.25. The van der Waals surface area contributed by atoms with Gasteiger partial charge in [-0.05, 0) is 44.7 Å². The monoisotopic (exact) mass is 331 g/mol. The number of rotatable bonds is 7. The maximum Gasteiger partial charge on any atom is 0.237 e. The number of hydrogen-bond acceptors (Lipinski definition) is 5. The van der Waals surface area contributed by atoms with Gasteiger partial charge in [0.1, 0.15) is 0 Å². The zero-order valence-electron chi connectivity index (χ0n) is 13.5. The van der Waals surface area contributed by atoms with Gasteiger partial charge in [0.2, 0.25) is 5.91 Å². The maximum absolute atomic E-state index is 12.0. The van der Waals surface area contributed by atoms with Crippen molar-refractivity contribution in [3.63, 3.8) is 0 Å². The van der Waals surface area contributed by atoms with Crippen molar-refractivity contribution in [2.75, 3.05) is 44.2 Å². The van der Waals surface area contributed by atoms with E-state index in [0.29, 0.717) is 19.0 Å². The summed E-state index contributed by atoms with van der Waals surface area (Å²) in [6.07, 6.45) is 4.18. The van der Waals surface area contributed by atoms with Gasteiger partial charge < -0.3 is 15.5 Å². The molecule has 128 valence electrons. The Balaban J connectivity index is 1.70. The number of amides is 1. The van der Waals surface area contributed by atoms with Gasteiger partial charge in [0.05, 0.1) is 11.8 Å². The fourth-order valence-electron chi connectivity index (χ4n) is 3.21. The molecule has 2 heterocycles. The summed E-state index contributed by atoms with van der Waals surface area (Å²) in [7, 11) is -2.89. The number of nitrogens with zero attached hydrogens (tertiary/aromatic N) is 1. The van der Waals surface area contributed by atoms with Gasteiger partial charge in [-0.15, -0.1) is 0 Å². The fraction of sp³-hybridized carbons (Fsp3) is 0.933. The van der Waals surface area contributed by atoms with Gasteiger partial charge in [0.15, 0.2) is 9.84 Å². The quantitative estimate of drug-likeness (QED) is 0.687. The van der Waals surface area contributed by atoms with Gasteiger partial charge in [0, 0.05) is 25.4 Å². The van der Waals surface area contributed by atoms with Gasteiger partial charge in [-0.2, -0.15) is 0 Å². The minimum Gasteiger partial charge on any atom is -0.354 e. The Kier molecular flexibility index (Phi) is 6.65. The van der Waals surface area contributed by atoms with Gasteiger partial charge >= 0.3 is 0 Å². The summed E-state index contributed by atoms with van der Waals surface area (Å²) in [4.78, 5) is 14.2. The fourth-order valence-corrected chi connectivity index (χ4v) is 4.04. The molecule has 6 nitrogen and oxygen atoms in total. The van der Waals surface area contributed by atoms with Crippen molar-refractivity contribution in [1.29, 1.82) is 0 Å². The van der Waals surface area contributed by atoms with Crippen LogP contribution in [0.4, 0.5) is 0 Å². The highest BCUT2D eigenvalue weighted by Crippen LogP contribution is 2.16. The molecule has 2 aliphatic rings. The lowest BCUT2D eigenvalue weighted by Gasteiger charge is -2.32. The molecule has 22 heavy (non-hydrogen) atoms. The van der Waals surface area contributed by atoms with Crippen LogP contribution in [0.25, 0.3) is 0 Å². The van der Waals surface area contributed by atoms with Crippen LogP contribution in [0.3, 0.4) is 0 Å². The zero-order chi connectivity index (χ0) is 16.0. The number of sulfone groups is 1. The van der Waals surface area contributed by atoms with Crippen LogP contribution in [0.15, 0.2) is 0 Å². The number of carbonyl (C=O) groups excluding carboxylic acids is 1. The third-order valence-corrected chi connectivity index (χ3v) is 6.39. The molecule has 2 N–H and O–H groups in total. The van der Waals surface area contributed by atoms with Gasteiger partial charge in [-0.1, -0.05) is 6.92 Å². The molecule has 1 amide bonds. The molecular formula is C15H29N3O3S. The van der Waals surface area contributed by atoms with E-state index in [4.69, 9.17) is 0 Å². The normalized spacial score (nSPS) is 27.0. The van der Waals surface area contributed by atoms with E-state index in [1.165, 1.54) is 0 Å². The first kappa shape index (κ1) is 17.7. The van der Waals surface area contributed by atoms with E-state index in [9.17, 15) is 13.2 Å². The molecule has 0 aromatic carbocycles. The molecular weight excluding hydrogens is 302 g/mol. The van der Waals surface area contributed by atoms with E-state index in [-0.39, 0.29) is 23.5 Å². The summed E-state index contributed by atoms with van der Waals surface area (Å²) in [5.41, 5.74) is 0. The molecule has 2 rings (SSSR count). The first-order valence-electron chi connectivity index (χ1n) is 8.44. The van der Waals surface area contributed by atoms with Crippen molar-refractivity contribution in [3.05, 3.63) is 0 Å². The number of hydrogen-bond donors (Lipinski definition) is 2. The predicted octanol–water partition coefficient (Wildman–Crippen LogP) is 0.00130. The second-order valence-corrected chi connectivity index (χ2v) is 8.91. The highest BCUT2D eigenvalue weighted by molar-refractivity contribution is 7.91. The van der Waals surface area contributed by atoms with Gasteiger partial charge in [0.25, 0.3) is 0 Å². The van der Waals surface area contributed by atoms with E-state index < -0.39 is 9.84 Å². The van der Waals surface area contributed by atoms with Crippen molar-refractivity contribution in [3.8, 4) is 0 Å². The average molecular weight is 331 g/mol. The van der Waals surface area contributed by atoms with Crippen LogP contribution in [0.2, 0.25) is 0 Å². The molecule has 2 unspecified atom stereocenters. The Morgan fingerprint density at radius 3 is 2.82 bits per heavy atom. The molecule has 2 fully saturated rings. The van der Waals surface area contributed by atoms with Crippen LogP contribution in [-0.4, -0.2) is 69.5 Å². The minimum absolute atomic E-state index is 0.0191. The molecule has 7 heteroatoms. The summed E-state index contributed by atoms with van der Waals surface area (Å²) < 4.78 is 23.2. The lowest BCUT2D eigenvalue weighted by Crippen LogP contribution is -2.46. The van der Waals surface area contributed by atoms with Crippen LogP contribution >= 0.6 is 0 Å². The Labute approximate surface area is 133 Å². The molecule has 0 radical (unpaired) electrons.